The Kier molecular flexibility index (Phi) is 9.18. The number of nitriles is 1. The third-order valence-corrected chi connectivity index (χ3v) is 5.31. The van der Waals surface area contributed by atoms with Crippen molar-refractivity contribution >= 4 is 12.0 Å². The molecule has 29 heavy (non-hydrogen) atoms. The van der Waals surface area contributed by atoms with Gasteiger partial charge >= 0.3 is 5.97 Å². The highest BCUT2D eigenvalue weighted by Crippen LogP contribution is 2.35. The zero-order valence-electron chi connectivity index (χ0n) is 17.7. The molecule has 152 valence electrons. The molecule has 2 aromatic carbocycles. The summed E-state index contributed by atoms with van der Waals surface area (Å²) < 4.78 is 5.64. The summed E-state index contributed by atoms with van der Waals surface area (Å²) >= 11 is 0. The van der Waals surface area contributed by atoms with Crippen molar-refractivity contribution in [1.82, 2.24) is 0 Å². The Morgan fingerprint density at radius 2 is 1.69 bits per heavy atom. The lowest BCUT2D eigenvalue weighted by Gasteiger charge is -2.29. The quantitative estimate of drug-likeness (QED) is 0.264. The molecule has 0 aromatic heterocycles. The Hall–Kier alpha value is -2.86. The van der Waals surface area contributed by atoms with E-state index in [9.17, 15) is 10.1 Å². The maximum atomic E-state index is 12.5. The molecule has 3 atom stereocenters. The van der Waals surface area contributed by atoms with E-state index in [-0.39, 0.29) is 11.7 Å². The van der Waals surface area contributed by atoms with Gasteiger partial charge in [-0.2, -0.15) is 5.26 Å². The molecule has 0 aliphatic carbocycles. The number of nitrogens with zero attached hydrogens (tertiary/aromatic N) is 1. The molecule has 0 saturated carbocycles. The van der Waals surface area contributed by atoms with Crippen molar-refractivity contribution in [1.29, 1.82) is 5.26 Å². The van der Waals surface area contributed by atoms with Crippen LogP contribution in [-0.4, -0.2) is 12.1 Å². The van der Waals surface area contributed by atoms with Gasteiger partial charge in [-0.25, -0.2) is 4.79 Å². The lowest BCUT2D eigenvalue weighted by atomic mass is 9.78. The molecule has 0 aliphatic heterocycles. The van der Waals surface area contributed by atoms with E-state index >= 15 is 0 Å². The molecule has 3 unspecified atom stereocenters. The van der Waals surface area contributed by atoms with Crippen molar-refractivity contribution in [3.05, 3.63) is 77.4 Å². The first-order valence-electron chi connectivity index (χ1n) is 10.5. The molecule has 2 aromatic rings. The van der Waals surface area contributed by atoms with E-state index in [1.165, 1.54) is 5.56 Å². The first-order chi connectivity index (χ1) is 14.1. The van der Waals surface area contributed by atoms with Crippen LogP contribution in [0.25, 0.3) is 6.08 Å². The molecule has 0 heterocycles. The van der Waals surface area contributed by atoms with Crippen LogP contribution in [0.3, 0.4) is 0 Å². The first kappa shape index (κ1) is 22.4. The van der Waals surface area contributed by atoms with Crippen molar-refractivity contribution in [2.45, 2.75) is 58.5 Å². The van der Waals surface area contributed by atoms with Gasteiger partial charge in [0.2, 0.25) is 0 Å². The minimum Gasteiger partial charge on any atom is -0.459 e. The van der Waals surface area contributed by atoms with Crippen molar-refractivity contribution < 1.29 is 9.53 Å². The number of carbonyl (C=O) groups excluding carboxylic acids is 1. The summed E-state index contributed by atoms with van der Waals surface area (Å²) in [7, 11) is 0. The Balaban J connectivity index is 2.06. The van der Waals surface area contributed by atoms with Crippen molar-refractivity contribution in [3.8, 4) is 6.07 Å². The molecule has 0 fully saturated rings. The summed E-state index contributed by atoms with van der Waals surface area (Å²) in [4.78, 5) is 12.5. The van der Waals surface area contributed by atoms with Crippen molar-refractivity contribution in [2.24, 2.45) is 5.92 Å². The predicted octanol–water partition coefficient (Wildman–Crippen LogP) is 6.53. The van der Waals surface area contributed by atoms with Gasteiger partial charge in [0.25, 0.3) is 0 Å². The molecule has 0 spiro atoms. The van der Waals surface area contributed by atoms with Crippen LogP contribution in [0.5, 0.6) is 0 Å². The second kappa shape index (κ2) is 11.9. The fourth-order valence-corrected chi connectivity index (χ4v) is 3.87. The Morgan fingerprint density at radius 1 is 1.07 bits per heavy atom. The number of hydrogen-bond donors (Lipinski definition) is 0. The lowest BCUT2D eigenvalue weighted by molar-refractivity contribution is -0.143. The second-order valence-corrected chi connectivity index (χ2v) is 7.51. The van der Waals surface area contributed by atoms with E-state index in [1.807, 2.05) is 49.4 Å². The van der Waals surface area contributed by atoms with Crippen molar-refractivity contribution in [2.75, 3.05) is 0 Å². The summed E-state index contributed by atoms with van der Waals surface area (Å²) in [6, 6.07) is 21.9. The monoisotopic (exact) mass is 389 g/mol. The highest BCUT2D eigenvalue weighted by atomic mass is 16.5. The largest absolute Gasteiger partial charge is 0.459 e. The average Bonchev–Trinajstić information content (AvgIpc) is 2.75. The maximum Gasteiger partial charge on any atom is 0.349 e. The molecule has 0 N–H and O–H groups in total. The number of ether oxygens (including phenoxy) is 1. The molecule has 2 rings (SSSR count). The van der Waals surface area contributed by atoms with Gasteiger partial charge < -0.3 is 4.74 Å². The van der Waals surface area contributed by atoms with E-state index in [4.69, 9.17) is 4.74 Å². The summed E-state index contributed by atoms with van der Waals surface area (Å²) in [5, 5.41) is 9.39. The number of esters is 1. The van der Waals surface area contributed by atoms with Gasteiger partial charge in [0.15, 0.2) is 0 Å². The van der Waals surface area contributed by atoms with Gasteiger partial charge in [-0.3, -0.25) is 0 Å². The fourth-order valence-electron chi connectivity index (χ4n) is 3.87. The Labute approximate surface area is 175 Å². The molecular weight excluding hydrogens is 358 g/mol. The number of carbonyl (C=O) groups is 1. The Bertz CT molecular complexity index is 821. The standard InChI is InChI=1S/C26H31NO2/c1-4-12-25(23-15-10-7-11-16-23)22(5-2)17-20(3)29-26(28)24(19-27)18-21-13-8-6-9-14-21/h6-11,13-16,18,20,22,25H,4-5,12,17H2,1-3H3. The molecule has 3 heteroatoms. The van der Waals surface area contributed by atoms with Crippen LogP contribution in [0.4, 0.5) is 0 Å². The van der Waals surface area contributed by atoms with E-state index in [0.717, 1.165) is 31.2 Å². The molecule has 0 radical (unpaired) electrons. The molecule has 0 amide bonds. The molecule has 0 saturated heterocycles. The zero-order chi connectivity index (χ0) is 21.1. The third-order valence-electron chi connectivity index (χ3n) is 5.31. The van der Waals surface area contributed by atoms with Gasteiger partial charge in [-0.1, -0.05) is 87.4 Å². The number of benzene rings is 2. The zero-order valence-corrected chi connectivity index (χ0v) is 17.7. The van der Waals surface area contributed by atoms with Crippen LogP contribution in [-0.2, 0) is 9.53 Å². The van der Waals surface area contributed by atoms with Crippen LogP contribution in [0, 0.1) is 17.2 Å². The summed E-state index contributed by atoms with van der Waals surface area (Å²) in [6.07, 6.45) is 5.36. The molecule has 0 bridgehead atoms. The topological polar surface area (TPSA) is 50.1 Å². The third kappa shape index (κ3) is 6.91. The summed E-state index contributed by atoms with van der Waals surface area (Å²) in [5.41, 5.74) is 2.19. The maximum absolute atomic E-state index is 12.5. The van der Waals surface area contributed by atoms with E-state index in [0.29, 0.717) is 11.8 Å². The minimum absolute atomic E-state index is 0.0317. The fraction of sp³-hybridized carbons (Fsp3) is 0.385. The van der Waals surface area contributed by atoms with E-state index < -0.39 is 5.97 Å². The lowest BCUT2D eigenvalue weighted by Crippen LogP contribution is -2.23. The van der Waals surface area contributed by atoms with Crippen LogP contribution in [0.2, 0.25) is 0 Å². The summed E-state index contributed by atoms with van der Waals surface area (Å²) in [6.45, 7) is 6.33. The van der Waals surface area contributed by atoms with Crippen LogP contribution < -0.4 is 0 Å². The van der Waals surface area contributed by atoms with Gasteiger partial charge in [0, 0.05) is 0 Å². The second-order valence-electron chi connectivity index (χ2n) is 7.51. The normalized spacial score (nSPS) is 14.5. The van der Waals surface area contributed by atoms with E-state index in [1.54, 1.807) is 6.08 Å². The predicted molar refractivity (Wildman–Crippen MR) is 118 cm³/mol. The van der Waals surface area contributed by atoms with Crippen LogP contribution >= 0.6 is 0 Å². The summed E-state index contributed by atoms with van der Waals surface area (Å²) in [5.74, 6) is 0.317. The van der Waals surface area contributed by atoms with Gasteiger partial charge in [0.1, 0.15) is 11.6 Å². The number of rotatable bonds is 10. The molecular formula is C26H31NO2. The molecule has 0 aliphatic rings. The number of hydrogen-bond acceptors (Lipinski definition) is 3. The minimum atomic E-state index is -0.551. The smallest absolute Gasteiger partial charge is 0.349 e. The SMILES string of the molecule is CCCC(c1ccccc1)C(CC)CC(C)OC(=O)C(C#N)=Cc1ccccc1. The van der Waals surface area contributed by atoms with Crippen LogP contribution in [0.15, 0.2) is 66.2 Å². The highest BCUT2D eigenvalue weighted by Gasteiger charge is 2.25. The van der Waals surface area contributed by atoms with Gasteiger partial charge in [-0.05, 0) is 48.8 Å². The average molecular weight is 390 g/mol. The van der Waals surface area contributed by atoms with E-state index in [2.05, 4.69) is 38.1 Å². The van der Waals surface area contributed by atoms with Gasteiger partial charge in [-0.15, -0.1) is 0 Å². The molecule has 3 nitrogen and oxygen atoms in total. The van der Waals surface area contributed by atoms with Crippen LogP contribution in [0.1, 0.15) is 63.5 Å². The van der Waals surface area contributed by atoms with Gasteiger partial charge in [0.05, 0.1) is 6.10 Å². The highest BCUT2D eigenvalue weighted by molar-refractivity contribution is 5.97. The first-order valence-corrected chi connectivity index (χ1v) is 10.5. The Morgan fingerprint density at radius 3 is 2.24 bits per heavy atom. The van der Waals surface area contributed by atoms with Crippen molar-refractivity contribution in [3.63, 3.8) is 0 Å².